The molecule has 0 bridgehead atoms. The maximum atomic E-state index is 15.6. The van der Waals surface area contributed by atoms with Crippen molar-refractivity contribution >= 4 is 15.9 Å². The number of hydrogen-bond donors (Lipinski definition) is 0. The Labute approximate surface area is 172 Å². The van der Waals surface area contributed by atoms with Crippen LogP contribution in [-0.4, -0.2) is 25.8 Å². The van der Waals surface area contributed by atoms with Crippen LogP contribution in [0, 0.1) is 19.8 Å². The molecule has 3 nitrogen and oxygen atoms in total. The summed E-state index contributed by atoms with van der Waals surface area (Å²) in [5.74, 6) is -0.288. The van der Waals surface area contributed by atoms with Crippen molar-refractivity contribution in [1.29, 1.82) is 0 Å². The standard InChI is InChI=1S/C24H26FNO2S/c1-17-10-12-21(13-11-17)29(27,28)26-15-20-7-3-4-9-22(20)23(16-26)24(25)19-8-5-6-18(2)14-19/h5-8,10-14,22H,3-4,9,15-16H2,1-2H3/b24-23+. The fourth-order valence-corrected chi connectivity index (χ4v) is 5.69. The minimum absolute atomic E-state index is 0.00581. The quantitative estimate of drug-likeness (QED) is 0.633. The first-order valence-electron chi connectivity index (χ1n) is 10.1. The van der Waals surface area contributed by atoms with Crippen LogP contribution in [0.15, 0.2) is 70.6 Å². The summed E-state index contributed by atoms with van der Waals surface area (Å²) < 4.78 is 43.6. The van der Waals surface area contributed by atoms with E-state index in [2.05, 4.69) is 6.08 Å². The molecule has 0 aromatic heterocycles. The van der Waals surface area contributed by atoms with E-state index in [1.54, 1.807) is 30.3 Å². The first-order valence-corrected chi connectivity index (χ1v) is 11.5. The van der Waals surface area contributed by atoms with E-state index in [0.717, 1.165) is 36.0 Å². The smallest absolute Gasteiger partial charge is 0.207 e. The van der Waals surface area contributed by atoms with Crippen LogP contribution in [0.1, 0.15) is 36.0 Å². The molecule has 1 atom stereocenters. The van der Waals surface area contributed by atoms with Gasteiger partial charge in [0, 0.05) is 24.6 Å². The van der Waals surface area contributed by atoms with Gasteiger partial charge in [-0.3, -0.25) is 0 Å². The average Bonchev–Trinajstić information content (AvgIpc) is 2.72. The lowest BCUT2D eigenvalue weighted by Gasteiger charge is -2.38. The van der Waals surface area contributed by atoms with Crippen molar-refractivity contribution in [3.63, 3.8) is 0 Å². The topological polar surface area (TPSA) is 37.4 Å². The van der Waals surface area contributed by atoms with Gasteiger partial charge < -0.3 is 0 Å². The SMILES string of the molecule is Cc1ccc(S(=O)(=O)N2CC3=CCCCC3/C(=C(/F)c3cccc(C)c3)C2)cc1. The van der Waals surface area contributed by atoms with E-state index in [1.165, 1.54) is 4.31 Å². The Bertz CT molecular complexity index is 1080. The third-order valence-corrected chi connectivity index (χ3v) is 7.70. The number of nitrogens with zero attached hydrogens (tertiary/aromatic N) is 1. The van der Waals surface area contributed by atoms with Gasteiger partial charge >= 0.3 is 0 Å². The minimum Gasteiger partial charge on any atom is -0.207 e. The van der Waals surface area contributed by atoms with Crippen LogP contribution in [0.25, 0.3) is 5.83 Å². The summed E-state index contributed by atoms with van der Waals surface area (Å²) in [5.41, 5.74) is 4.13. The normalized spacial score (nSPS) is 22.0. The molecule has 0 radical (unpaired) electrons. The lowest BCUT2D eigenvalue weighted by Crippen LogP contribution is -2.42. The summed E-state index contributed by atoms with van der Waals surface area (Å²) in [6.45, 7) is 4.29. The fraction of sp³-hybridized carbons (Fsp3) is 0.333. The zero-order valence-corrected chi connectivity index (χ0v) is 17.7. The van der Waals surface area contributed by atoms with Gasteiger partial charge in [-0.05, 0) is 56.9 Å². The van der Waals surface area contributed by atoms with Crippen LogP contribution in [0.4, 0.5) is 4.39 Å². The summed E-state index contributed by atoms with van der Waals surface area (Å²) >= 11 is 0. The Hall–Kier alpha value is -2.24. The number of halogens is 1. The van der Waals surface area contributed by atoms with E-state index in [0.29, 0.717) is 17.7 Å². The fourth-order valence-electron chi connectivity index (χ4n) is 4.29. The van der Waals surface area contributed by atoms with Crippen LogP contribution < -0.4 is 0 Å². The van der Waals surface area contributed by atoms with Gasteiger partial charge in [-0.25, -0.2) is 12.8 Å². The molecule has 1 fully saturated rings. The maximum absolute atomic E-state index is 15.6. The Kier molecular flexibility index (Phi) is 5.45. The average molecular weight is 412 g/mol. The summed E-state index contributed by atoms with van der Waals surface area (Å²) in [5, 5.41) is 0. The van der Waals surface area contributed by atoms with Crippen LogP contribution in [-0.2, 0) is 10.0 Å². The molecule has 1 aliphatic heterocycles. The van der Waals surface area contributed by atoms with Crippen molar-refractivity contribution in [1.82, 2.24) is 4.31 Å². The van der Waals surface area contributed by atoms with Crippen LogP contribution in [0.2, 0.25) is 0 Å². The lowest BCUT2D eigenvalue weighted by atomic mass is 9.79. The second-order valence-electron chi connectivity index (χ2n) is 8.06. The summed E-state index contributed by atoms with van der Waals surface area (Å²) in [6.07, 6.45) is 4.90. The molecule has 0 saturated carbocycles. The zero-order chi connectivity index (χ0) is 20.6. The van der Waals surface area contributed by atoms with E-state index in [9.17, 15) is 8.42 Å². The lowest BCUT2D eigenvalue weighted by molar-refractivity contribution is 0.379. The molecule has 2 aromatic carbocycles. The highest BCUT2D eigenvalue weighted by Crippen LogP contribution is 2.41. The third-order valence-electron chi connectivity index (χ3n) is 5.89. The van der Waals surface area contributed by atoms with Gasteiger partial charge in [0.05, 0.1) is 4.90 Å². The highest BCUT2D eigenvalue weighted by atomic mass is 32.2. The molecule has 5 heteroatoms. The molecule has 1 unspecified atom stereocenters. The van der Waals surface area contributed by atoms with Crippen molar-refractivity contribution in [2.45, 2.75) is 38.0 Å². The maximum Gasteiger partial charge on any atom is 0.243 e. The predicted octanol–water partition coefficient (Wildman–Crippen LogP) is 5.42. The third kappa shape index (κ3) is 3.94. The molecule has 1 aliphatic carbocycles. The molecule has 1 saturated heterocycles. The Morgan fingerprint density at radius 1 is 1.03 bits per heavy atom. The number of piperidine rings is 1. The van der Waals surface area contributed by atoms with E-state index in [-0.39, 0.29) is 23.2 Å². The molecule has 152 valence electrons. The second kappa shape index (κ2) is 7.88. The predicted molar refractivity (Wildman–Crippen MR) is 115 cm³/mol. The number of allylic oxidation sites excluding steroid dienone is 1. The van der Waals surface area contributed by atoms with Crippen molar-refractivity contribution in [3.8, 4) is 0 Å². The van der Waals surface area contributed by atoms with Crippen molar-refractivity contribution in [2.24, 2.45) is 5.92 Å². The molecule has 0 amide bonds. The molecule has 29 heavy (non-hydrogen) atoms. The highest BCUT2D eigenvalue weighted by molar-refractivity contribution is 7.89. The second-order valence-corrected chi connectivity index (χ2v) is 10.00. The number of fused-ring (bicyclic) bond motifs is 1. The molecule has 2 aliphatic rings. The van der Waals surface area contributed by atoms with Gasteiger partial charge in [-0.15, -0.1) is 0 Å². The monoisotopic (exact) mass is 411 g/mol. The zero-order valence-electron chi connectivity index (χ0n) is 16.9. The Morgan fingerprint density at radius 2 is 1.79 bits per heavy atom. The molecule has 4 rings (SSSR count). The summed E-state index contributed by atoms with van der Waals surface area (Å²) in [4.78, 5) is 0.258. The summed E-state index contributed by atoms with van der Waals surface area (Å²) in [7, 11) is -3.69. The largest absolute Gasteiger partial charge is 0.243 e. The van der Waals surface area contributed by atoms with Crippen molar-refractivity contribution < 1.29 is 12.8 Å². The first kappa shape index (κ1) is 20.0. The molecule has 0 spiro atoms. The van der Waals surface area contributed by atoms with Gasteiger partial charge in [0.1, 0.15) is 5.83 Å². The van der Waals surface area contributed by atoms with E-state index in [1.807, 2.05) is 32.0 Å². The van der Waals surface area contributed by atoms with Crippen molar-refractivity contribution in [2.75, 3.05) is 13.1 Å². The van der Waals surface area contributed by atoms with Crippen LogP contribution in [0.3, 0.4) is 0 Å². The first-order chi connectivity index (χ1) is 13.9. The number of aryl methyl sites for hydroxylation is 2. The minimum atomic E-state index is -3.69. The van der Waals surface area contributed by atoms with Gasteiger partial charge in [0.15, 0.2) is 0 Å². The van der Waals surface area contributed by atoms with Gasteiger partial charge in [0.2, 0.25) is 10.0 Å². The molecule has 0 N–H and O–H groups in total. The number of benzene rings is 2. The number of sulfonamides is 1. The van der Waals surface area contributed by atoms with E-state index >= 15 is 4.39 Å². The van der Waals surface area contributed by atoms with Crippen molar-refractivity contribution in [3.05, 3.63) is 82.4 Å². The van der Waals surface area contributed by atoms with Crippen LogP contribution in [0.5, 0.6) is 0 Å². The Morgan fingerprint density at radius 3 is 2.52 bits per heavy atom. The Balaban J connectivity index is 1.78. The van der Waals surface area contributed by atoms with Gasteiger partial charge in [-0.2, -0.15) is 4.31 Å². The van der Waals surface area contributed by atoms with Gasteiger partial charge in [-0.1, -0.05) is 53.1 Å². The number of rotatable bonds is 3. The van der Waals surface area contributed by atoms with Gasteiger partial charge in [0.25, 0.3) is 0 Å². The van der Waals surface area contributed by atoms with E-state index < -0.39 is 10.0 Å². The van der Waals surface area contributed by atoms with Crippen LogP contribution >= 0.6 is 0 Å². The number of hydrogen-bond acceptors (Lipinski definition) is 2. The highest BCUT2D eigenvalue weighted by Gasteiger charge is 2.37. The van der Waals surface area contributed by atoms with E-state index in [4.69, 9.17) is 0 Å². The summed E-state index contributed by atoms with van der Waals surface area (Å²) in [6, 6.07) is 14.2. The molecular weight excluding hydrogens is 385 g/mol. The molecular formula is C24H26FNO2S. The molecule has 2 aromatic rings. The molecule has 1 heterocycles.